The molecule has 3 N–H and O–H groups in total. The van der Waals surface area contributed by atoms with Gasteiger partial charge >= 0.3 is 0 Å². The van der Waals surface area contributed by atoms with Crippen LogP contribution in [0.5, 0.6) is 0 Å². The van der Waals surface area contributed by atoms with Crippen LogP contribution in [0.4, 0.5) is 5.82 Å². The van der Waals surface area contributed by atoms with Crippen molar-refractivity contribution in [1.29, 1.82) is 5.26 Å². The van der Waals surface area contributed by atoms with E-state index in [1.165, 1.54) is 20.2 Å². The first-order chi connectivity index (χ1) is 11.6. The number of nitrogens with zero attached hydrogens (tertiary/aromatic N) is 4. The Bertz CT molecular complexity index is 771. The number of rotatable bonds is 2. The van der Waals surface area contributed by atoms with E-state index in [1.54, 1.807) is 0 Å². The van der Waals surface area contributed by atoms with Crippen molar-refractivity contribution in [3.05, 3.63) is 24.2 Å². The number of aliphatic hydroxyl groups is 2. The van der Waals surface area contributed by atoms with Crippen LogP contribution in [-0.2, 0) is 4.74 Å². The molecule has 0 saturated carbocycles. The van der Waals surface area contributed by atoms with E-state index in [0.29, 0.717) is 0 Å². The molecule has 1 unspecified atom stereocenters. The van der Waals surface area contributed by atoms with Crippen molar-refractivity contribution in [3.63, 3.8) is 0 Å². The molecule has 1 aliphatic heterocycles. The van der Waals surface area contributed by atoms with Gasteiger partial charge in [-0.25, -0.2) is 9.50 Å². The summed E-state index contributed by atoms with van der Waals surface area (Å²) in [6, 6.07) is 6.24. The molecule has 3 rings (SSSR count). The molecule has 8 nitrogen and oxygen atoms in total. The second-order valence-corrected chi connectivity index (χ2v) is 6.87. The first kappa shape index (κ1) is 19.1. The monoisotopic (exact) mass is 347 g/mol. The molecule has 3 atom stereocenters. The zero-order valence-electron chi connectivity index (χ0n) is 15.2. The second kappa shape index (κ2) is 6.96. The molecule has 2 aromatic rings. The van der Waals surface area contributed by atoms with E-state index in [9.17, 15) is 5.26 Å². The lowest BCUT2D eigenvalue weighted by Crippen LogP contribution is -2.27. The molecule has 3 heterocycles. The molecule has 2 aromatic heterocycles. The van der Waals surface area contributed by atoms with Crippen molar-refractivity contribution in [2.75, 3.05) is 12.4 Å². The van der Waals surface area contributed by atoms with Crippen molar-refractivity contribution < 1.29 is 14.9 Å². The van der Waals surface area contributed by atoms with Gasteiger partial charge in [0, 0.05) is 13.0 Å². The van der Waals surface area contributed by atoms with E-state index >= 15 is 0 Å². The average Bonchev–Trinajstić information content (AvgIpc) is 3.07. The van der Waals surface area contributed by atoms with Gasteiger partial charge in [0.25, 0.3) is 0 Å². The highest BCUT2D eigenvalue weighted by Crippen LogP contribution is 2.43. The Morgan fingerprint density at radius 1 is 1.44 bits per heavy atom. The molecule has 1 saturated heterocycles. The molecule has 1 aliphatic rings. The molecule has 136 valence electrons. The van der Waals surface area contributed by atoms with Crippen LogP contribution in [0.15, 0.2) is 18.5 Å². The summed E-state index contributed by atoms with van der Waals surface area (Å²) >= 11 is 0. The number of fused-ring (bicyclic) bond motifs is 1. The van der Waals surface area contributed by atoms with Gasteiger partial charge in [-0.15, -0.1) is 0 Å². The van der Waals surface area contributed by atoms with Crippen LogP contribution in [0.1, 0.15) is 45.9 Å². The molecular formula is C17H25N5O3. The van der Waals surface area contributed by atoms with E-state index < -0.39 is 11.4 Å². The van der Waals surface area contributed by atoms with E-state index in [-0.39, 0.29) is 12.0 Å². The number of nitrogens with one attached hydrogen (secondary N) is 1. The lowest BCUT2D eigenvalue weighted by molar-refractivity contribution is -0.127. The number of ether oxygens (including phenoxy) is 1. The van der Waals surface area contributed by atoms with Gasteiger partial charge in [0.1, 0.15) is 17.9 Å². The molecule has 0 aromatic carbocycles. The van der Waals surface area contributed by atoms with Crippen LogP contribution >= 0.6 is 0 Å². The Labute approximate surface area is 147 Å². The highest BCUT2D eigenvalue weighted by molar-refractivity contribution is 5.67. The smallest absolute Gasteiger partial charge is 0.156 e. The summed E-state index contributed by atoms with van der Waals surface area (Å²) in [5, 5.41) is 32.8. The standard InChI is InChI=1S/C14H17N5O.C3H8O2/c1-9-6-12(20-14(9,2)7-15)10-4-5-11-13(16-3)17-8-18-19(10)11;1-3(2,4)5/h4-5,8-9,12H,6H2,1-3H3,(H,16,17,18);4-5H,1-2H3/t9?,12-,14+;/m1./s1. The molecule has 25 heavy (non-hydrogen) atoms. The maximum atomic E-state index is 9.29. The van der Waals surface area contributed by atoms with E-state index in [2.05, 4.69) is 21.5 Å². The van der Waals surface area contributed by atoms with Gasteiger partial charge in [-0.3, -0.25) is 0 Å². The largest absolute Gasteiger partial charge is 0.371 e. The highest BCUT2D eigenvalue weighted by Gasteiger charge is 2.44. The summed E-state index contributed by atoms with van der Waals surface area (Å²) in [6.45, 7) is 6.49. The molecule has 0 amide bonds. The molecule has 1 fully saturated rings. The fraction of sp³-hybridized carbons (Fsp3) is 0.588. The Hall–Kier alpha value is -2.21. The zero-order chi connectivity index (χ0) is 18.8. The summed E-state index contributed by atoms with van der Waals surface area (Å²) in [5.74, 6) is -0.533. The lowest BCUT2D eigenvalue weighted by Gasteiger charge is -2.19. The number of hydrogen-bond acceptors (Lipinski definition) is 7. The third kappa shape index (κ3) is 4.25. The van der Waals surface area contributed by atoms with E-state index in [1.807, 2.05) is 37.5 Å². The SMILES string of the molecule is CC(C)(O)O.CNc1ncnn2c([C@H]3CC(C)[C@](C)(C#N)O3)ccc12. The third-order valence-electron chi connectivity index (χ3n) is 4.17. The molecule has 0 spiro atoms. The Morgan fingerprint density at radius 2 is 2.08 bits per heavy atom. The Morgan fingerprint density at radius 3 is 2.60 bits per heavy atom. The predicted octanol–water partition coefficient (Wildman–Crippen LogP) is 1.86. The Kier molecular flexibility index (Phi) is 5.32. The first-order valence-corrected chi connectivity index (χ1v) is 8.13. The van der Waals surface area contributed by atoms with Crippen LogP contribution in [0.2, 0.25) is 0 Å². The minimum Gasteiger partial charge on any atom is -0.371 e. The van der Waals surface area contributed by atoms with Crippen LogP contribution < -0.4 is 5.32 Å². The van der Waals surface area contributed by atoms with Crippen LogP contribution in [0.3, 0.4) is 0 Å². The van der Waals surface area contributed by atoms with Crippen LogP contribution in [-0.4, -0.2) is 43.2 Å². The van der Waals surface area contributed by atoms with Gasteiger partial charge in [-0.2, -0.15) is 10.4 Å². The van der Waals surface area contributed by atoms with Gasteiger partial charge in [0.05, 0.1) is 11.8 Å². The zero-order valence-corrected chi connectivity index (χ0v) is 15.2. The van der Waals surface area contributed by atoms with Crippen molar-refractivity contribution in [1.82, 2.24) is 14.6 Å². The number of hydrogen-bond donors (Lipinski definition) is 3. The second-order valence-electron chi connectivity index (χ2n) is 6.87. The molecule has 0 aliphatic carbocycles. The van der Waals surface area contributed by atoms with Crippen molar-refractivity contribution in [2.45, 2.75) is 51.6 Å². The Balaban J connectivity index is 0.000000399. The minimum absolute atomic E-state index is 0.114. The predicted molar refractivity (Wildman–Crippen MR) is 92.7 cm³/mol. The summed E-state index contributed by atoms with van der Waals surface area (Å²) in [5.41, 5.74) is 1.14. The molecule has 0 radical (unpaired) electrons. The highest BCUT2D eigenvalue weighted by atomic mass is 16.5. The van der Waals surface area contributed by atoms with Crippen molar-refractivity contribution in [3.8, 4) is 6.07 Å². The lowest BCUT2D eigenvalue weighted by atomic mass is 9.91. The van der Waals surface area contributed by atoms with Gasteiger partial charge in [0.15, 0.2) is 17.2 Å². The van der Waals surface area contributed by atoms with Crippen molar-refractivity contribution >= 4 is 11.3 Å². The molecule has 0 bridgehead atoms. The number of nitriles is 1. The fourth-order valence-electron chi connectivity index (χ4n) is 2.71. The van der Waals surface area contributed by atoms with E-state index in [0.717, 1.165) is 23.4 Å². The quantitative estimate of drug-likeness (QED) is 0.710. The number of anilines is 1. The maximum absolute atomic E-state index is 9.29. The van der Waals surface area contributed by atoms with Gasteiger partial charge in [0.2, 0.25) is 0 Å². The van der Waals surface area contributed by atoms with Crippen LogP contribution in [0.25, 0.3) is 5.52 Å². The summed E-state index contributed by atoms with van der Waals surface area (Å²) in [6.07, 6.45) is 2.22. The molecular weight excluding hydrogens is 322 g/mol. The summed E-state index contributed by atoms with van der Waals surface area (Å²) in [4.78, 5) is 4.19. The third-order valence-corrected chi connectivity index (χ3v) is 4.17. The van der Waals surface area contributed by atoms with Gasteiger partial charge in [-0.1, -0.05) is 6.92 Å². The van der Waals surface area contributed by atoms with E-state index in [4.69, 9.17) is 14.9 Å². The van der Waals surface area contributed by atoms with Gasteiger partial charge < -0.3 is 20.3 Å². The normalized spacial score (nSPS) is 26.0. The molecule has 8 heteroatoms. The van der Waals surface area contributed by atoms with Crippen LogP contribution in [0, 0.1) is 17.2 Å². The minimum atomic E-state index is -1.50. The summed E-state index contributed by atoms with van der Waals surface area (Å²) in [7, 11) is 1.83. The van der Waals surface area contributed by atoms with Gasteiger partial charge in [-0.05, 0) is 39.3 Å². The average molecular weight is 347 g/mol. The topological polar surface area (TPSA) is 116 Å². The maximum Gasteiger partial charge on any atom is 0.156 e. The number of aromatic nitrogens is 3. The first-order valence-electron chi connectivity index (χ1n) is 8.13. The fourth-order valence-corrected chi connectivity index (χ4v) is 2.71. The van der Waals surface area contributed by atoms with Crippen molar-refractivity contribution in [2.24, 2.45) is 5.92 Å². The summed E-state index contributed by atoms with van der Waals surface area (Å²) < 4.78 is 7.81.